The maximum absolute atomic E-state index is 14.5. The molecule has 3 aromatic rings. The van der Waals surface area contributed by atoms with Crippen molar-refractivity contribution < 1.29 is 13.9 Å². The number of hydrogen-bond acceptors (Lipinski definition) is 8. The number of benzene rings is 2. The van der Waals surface area contributed by atoms with E-state index in [1.807, 2.05) is 24.3 Å². The van der Waals surface area contributed by atoms with Crippen LogP contribution in [0.15, 0.2) is 36.7 Å². The second kappa shape index (κ2) is 9.30. The first-order valence-corrected chi connectivity index (χ1v) is 11.7. The molecule has 0 aliphatic carbocycles. The van der Waals surface area contributed by atoms with E-state index in [0.29, 0.717) is 42.1 Å². The predicted octanol–water partition coefficient (Wildman–Crippen LogP) is 3.42. The molecule has 1 fully saturated rings. The van der Waals surface area contributed by atoms with Crippen LogP contribution in [0.5, 0.6) is 5.75 Å². The van der Waals surface area contributed by atoms with Gasteiger partial charge in [-0.05, 0) is 31.5 Å². The zero-order valence-corrected chi connectivity index (χ0v) is 20.0. The van der Waals surface area contributed by atoms with Gasteiger partial charge in [-0.3, -0.25) is 9.69 Å². The monoisotopic (exact) mass is 490 g/mol. The summed E-state index contributed by atoms with van der Waals surface area (Å²) in [6, 6.07) is 8.39. The number of amides is 1. The summed E-state index contributed by atoms with van der Waals surface area (Å²) in [5.74, 6) is 0.117. The number of nitrogens with zero attached hydrogens (tertiary/aromatic N) is 4. The summed E-state index contributed by atoms with van der Waals surface area (Å²) < 4.78 is 22.1. The zero-order chi connectivity index (χ0) is 23.8. The molecule has 0 saturated carbocycles. The van der Waals surface area contributed by atoms with Gasteiger partial charge >= 0.3 is 0 Å². The second-order valence-corrected chi connectivity index (χ2v) is 9.15. The number of ether oxygens (including phenoxy) is 1. The summed E-state index contributed by atoms with van der Waals surface area (Å²) in [7, 11) is 3.45. The smallest absolute Gasteiger partial charge is 0.240 e. The van der Waals surface area contributed by atoms with Crippen LogP contribution in [-0.2, 0) is 11.3 Å². The van der Waals surface area contributed by atoms with Gasteiger partial charge < -0.3 is 15.8 Å². The Morgan fingerprint density at radius 2 is 2.15 bits per heavy atom. The van der Waals surface area contributed by atoms with Crippen LogP contribution in [0.3, 0.4) is 0 Å². The molecule has 3 N–H and O–H groups in total. The van der Waals surface area contributed by atoms with E-state index in [-0.39, 0.29) is 16.6 Å². The number of carbonyl (C=O) groups excluding carboxylic acids is 1. The Kier molecular flexibility index (Phi) is 6.62. The number of likely N-dealkylation sites (N-methyl/N-ethyl adjacent to an activating group) is 1. The van der Waals surface area contributed by atoms with Crippen LogP contribution in [0.2, 0.25) is 5.02 Å². The van der Waals surface area contributed by atoms with E-state index in [4.69, 9.17) is 22.1 Å². The highest BCUT2D eigenvalue weighted by molar-refractivity contribution is 7.96. The molecule has 0 bridgehead atoms. The second-order valence-electron chi connectivity index (χ2n) is 7.86. The van der Waals surface area contributed by atoms with Crippen LogP contribution in [0.1, 0.15) is 5.56 Å². The van der Waals surface area contributed by atoms with E-state index < -0.39 is 11.4 Å². The molecule has 4 rings (SSSR count). The molecule has 8 nitrogen and oxygen atoms in total. The van der Waals surface area contributed by atoms with E-state index in [1.165, 1.54) is 12.4 Å². The van der Waals surface area contributed by atoms with E-state index in [1.54, 1.807) is 37.3 Å². The largest absolute Gasteiger partial charge is 0.496 e. The molecule has 0 atom stereocenters. The number of halogens is 2. The molecule has 2 heterocycles. The minimum atomic E-state index is -0.763. The average molecular weight is 491 g/mol. The summed E-state index contributed by atoms with van der Waals surface area (Å²) in [6.45, 7) is 1.49. The van der Waals surface area contributed by atoms with Crippen molar-refractivity contribution in [2.24, 2.45) is 5.73 Å². The lowest BCUT2D eigenvalue weighted by atomic mass is 9.89. The topological polar surface area (TPSA) is 96.6 Å². The van der Waals surface area contributed by atoms with Crippen LogP contribution in [0.4, 0.5) is 15.9 Å². The highest BCUT2D eigenvalue weighted by Gasteiger charge is 2.51. The van der Waals surface area contributed by atoms with Gasteiger partial charge in [0.25, 0.3) is 0 Å². The molecular formula is C22H24ClFN6O2S. The van der Waals surface area contributed by atoms with Crippen molar-refractivity contribution in [1.29, 1.82) is 0 Å². The standard InChI is InChI=1S/C22H24ClFN6O2S/c1-29(22(21(25)31)10-30(11-22)33-3)9-13-7-14-17(8-18(13)32-2)26-12-27-20(14)28-16-6-4-5-15(23)19(16)24/h4-8,12H,9-11H2,1-3H3,(H2,25,31)(H,26,27,28). The van der Waals surface area contributed by atoms with Gasteiger partial charge in [-0.2, -0.15) is 0 Å². The van der Waals surface area contributed by atoms with Crippen LogP contribution >= 0.6 is 23.5 Å². The van der Waals surface area contributed by atoms with E-state index in [2.05, 4.69) is 19.6 Å². The van der Waals surface area contributed by atoms with E-state index in [0.717, 1.165) is 5.56 Å². The van der Waals surface area contributed by atoms with E-state index >= 15 is 0 Å². The normalized spacial score (nSPS) is 15.5. The molecule has 2 aromatic carbocycles. The number of fused-ring (bicyclic) bond motifs is 1. The van der Waals surface area contributed by atoms with Crippen LogP contribution < -0.4 is 15.8 Å². The maximum atomic E-state index is 14.5. The molecule has 11 heteroatoms. The third-order valence-electron chi connectivity index (χ3n) is 5.97. The molecule has 1 aliphatic rings. The highest BCUT2D eigenvalue weighted by Crippen LogP contribution is 2.35. The van der Waals surface area contributed by atoms with Crippen molar-refractivity contribution in [2.45, 2.75) is 12.1 Å². The fourth-order valence-electron chi connectivity index (χ4n) is 3.93. The number of carbonyl (C=O) groups is 1. The van der Waals surface area contributed by atoms with Crippen molar-refractivity contribution in [2.75, 3.05) is 38.8 Å². The summed E-state index contributed by atoms with van der Waals surface area (Å²) in [6.07, 6.45) is 3.36. The molecule has 1 aliphatic heterocycles. The lowest BCUT2D eigenvalue weighted by Crippen LogP contribution is -2.73. The molecule has 1 aromatic heterocycles. The minimum Gasteiger partial charge on any atom is -0.496 e. The highest BCUT2D eigenvalue weighted by atomic mass is 35.5. The van der Waals surface area contributed by atoms with Crippen LogP contribution in [0, 0.1) is 5.82 Å². The van der Waals surface area contributed by atoms with Crippen molar-refractivity contribution >= 4 is 51.9 Å². The van der Waals surface area contributed by atoms with E-state index in [9.17, 15) is 9.18 Å². The number of primary amides is 1. The van der Waals surface area contributed by atoms with Gasteiger partial charge in [0.2, 0.25) is 5.91 Å². The molecule has 0 radical (unpaired) electrons. The fraction of sp³-hybridized carbons (Fsp3) is 0.318. The number of nitrogens with two attached hydrogens (primary N) is 1. The number of methoxy groups -OCH3 is 1. The summed E-state index contributed by atoms with van der Waals surface area (Å²) in [4.78, 5) is 22.9. The van der Waals surface area contributed by atoms with Crippen molar-refractivity contribution in [3.05, 3.63) is 53.1 Å². The molecule has 1 saturated heterocycles. The number of nitrogens with one attached hydrogen (secondary N) is 1. The molecule has 33 heavy (non-hydrogen) atoms. The van der Waals surface area contributed by atoms with Gasteiger partial charge in [0.15, 0.2) is 5.82 Å². The Hall–Kier alpha value is -2.66. The lowest BCUT2D eigenvalue weighted by Gasteiger charge is -2.51. The fourth-order valence-corrected chi connectivity index (χ4v) is 4.79. The molecule has 0 spiro atoms. The maximum Gasteiger partial charge on any atom is 0.240 e. The lowest BCUT2D eigenvalue weighted by molar-refractivity contribution is -0.137. The first kappa shape index (κ1) is 23.5. The minimum absolute atomic E-state index is 0.0129. The van der Waals surface area contributed by atoms with Crippen molar-refractivity contribution in [3.63, 3.8) is 0 Å². The Labute approximate surface area is 200 Å². The van der Waals surface area contributed by atoms with Crippen LogP contribution in [-0.4, -0.2) is 64.1 Å². The molecular weight excluding hydrogens is 467 g/mol. The van der Waals surface area contributed by atoms with Crippen LogP contribution in [0.25, 0.3) is 10.9 Å². The van der Waals surface area contributed by atoms with Gasteiger partial charge in [-0.1, -0.05) is 29.6 Å². The van der Waals surface area contributed by atoms with Gasteiger partial charge in [0.05, 0.1) is 23.3 Å². The predicted molar refractivity (Wildman–Crippen MR) is 129 cm³/mol. The molecule has 1 amide bonds. The Balaban J connectivity index is 1.71. The third-order valence-corrected chi connectivity index (χ3v) is 7.04. The van der Waals surface area contributed by atoms with Crippen molar-refractivity contribution in [1.82, 2.24) is 19.2 Å². The SMILES string of the molecule is COc1cc2ncnc(Nc3cccc(Cl)c3F)c2cc1CN(C)C1(C(N)=O)CN(SC)C1. The Morgan fingerprint density at radius 1 is 1.39 bits per heavy atom. The first-order valence-electron chi connectivity index (χ1n) is 10.1. The summed E-state index contributed by atoms with van der Waals surface area (Å²) in [5.41, 5.74) is 6.66. The number of rotatable bonds is 8. The zero-order valence-electron chi connectivity index (χ0n) is 18.4. The van der Waals surface area contributed by atoms with Crippen molar-refractivity contribution in [3.8, 4) is 5.75 Å². The Bertz CT molecular complexity index is 1210. The summed E-state index contributed by atoms with van der Waals surface area (Å²) >= 11 is 7.49. The number of hydrogen-bond donors (Lipinski definition) is 2. The number of anilines is 2. The van der Waals surface area contributed by atoms with Gasteiger partial charge in [0.1, 0.15) is 23.4 Å². The average Bonchev–Trinajstić information content (AvgIpc) is 2.76. The van der Waals surface area contributed by atoms with Gasteiger partial charge in [-0.25, -0.2) is 18.7 Å². The quantitative estimate of drug-likeness (QED) is 0.464. The third kappa shape index (κ3) is 4.31. The Morgan fingerprint density at radius 3 is 2.82 bits per heavy atom. The van der Waals surface area contributed by atoms with Gasteiger partial charge in [-0.15, -0.1) is 0 Å². The van der Waals surface area contributed by atoms with Gasteiger partial charge in [0, 0.05) is 36.7 Å². The molecule has 174 valence electrons. The molecule has 0 unspecified atom stereocenters. The first-order chi connectivity index (χ1) is 15.8. The number of aromatic nitrogens is 2. The summed E-state index contributed by atoms with van der Waals surface area (Å²) in [5, 5.41) is 3.70.